The van der Waals surface area contributed by atoms with Crippen molar-refractivity contribution in [2.75, 3.05) is 5.88 Å². The highest BCUT2D eigenvalue weighted by atomic mass is 35.5. The first-order valence-corrected chi connectivity index (χ1v) is 9.98. The summed E-state index contributed by atoms with van der Waals surface area (Å²) in [5, 5.41) is 0.189. The zero-order valence-corrected chi connectivity index (χ0v) is 15.2. The van der Waals surface area contributed by atoms with Gasteiger partial charge in [-0.2, -0.15) is 0 Å². The molecule has 0 aliphatic heterocycles. The Bertz CT molecular complexity index is 171. The van der Waals surface area contributed by atoms with Crippen LogP contribution in [0.1, 0.15) is 103 Å². The highest BCUT2D eigenvalue weighted by molar-refractivity contribution is 6.28. The minimum Gasteiger partial charge on any atom is -0.125 e. The van der Waals surface area contributed by atoms with Gasteiger partial charge in [-0.1, -0.05) is 96.8 Å². The lowest BCUT2D eigenvalue weighted by Crippen LogP contribution is -1.99. The average molecular weight is 323 g/mol. The van der Waals surface area contributed by atoms with Gasteiger partial charge < -0.3 is 0 Å². The van der Waals surface area contributed by atoms with Crippen molar-refractivity contribution in [3.05, 3.63) is 0 Å². The van der Waals surface area contributed by atoms with Gasteiger partial charge in [0.25, 0.3) is 0 Å². The average Bonchev–Trinajstić information content (AvgIpc) is 2.47. The number of halogens is 2. The van der Waals surface area contributed by atoms with E-state index in [1.807, 2.05) is 0 Å². The van der Waals surface area contributed by atoms with Gasteiger partial charge in [0.1, 0.15) is 0 Å². The maximum absolute atomic E-state index is 5.98. The molecular weight excluding hydrogens is 287 g/mol. The van der Waals surface area contributed by atoms with Crippen molar-refractivity contribution < 1.29 is 0 Å². The molecule has 0 nitrogen and oxygen atoms in total. The second kappa shape index (κ2) is 17.6. The van der Waals surface area contributed by atoms with Gasteiger partial charge in [0.05, 0.1) is 0 Å². The number of rotatable bonds is 16. The Labute approximate surface area is 138 Å². The van der Waals surface area contributed by atoms with Crippen LogP contribution in [-0.2, 0) is 0 Å². The van der Waals surface area contributed by atoms with Crippen molar-refractivity contribution in [3.63, 3.8) is 0 Å². The summed E-state index contributed by atoms with van der Waals surface area (Å²) in [6, 6.07) is 0. The number of alkyl halides is 2. The van der Waals surface area contributed by atoms with Crippen LogP contribution in [0.3, 0.4) is 0 Å². The Morgan fingerprint density at radius 3 is 1.30 bits per heavy atom. The molecular formula is C18H36Cl2. The van der Waals surface area contributed by atoms with E-state index in [0.29, 0.717) is 5.88 Å². The largest absolute Gasteiger partial charge is 0.125 e. The zero-order chi connectivity index (χ0) is 14.9. The van der Waals surface area contributed by atoms with Gasteiger partial charge in [0, 0.05) is 11.3 Å². The third kappa shape index (κ3) is 16.6. The molecule has 0 aliphatic carbocycles. The minimum atomic E-state index is 0.189. The van der Waals surface area contributed by atoms with E-state index in [4.69, 9.17) is 23.2 Å². The van der Waals surface area contributed by atoms with Crippen LogP contribution in [0.15, 0.2) is 0 Å². The summed E-state index contributed by atoms with van der Waals surface area (Å²) in [6.07, 6.45) is 20.8. The topological polar surface area (TPSA) is 0 Å². The first-order chi connectivity index (χ1) is 9.81. The van der Waals surface area contributed by atoms with Crippen LogP contribution >= 0.6 is 23.2 Å². The molecule has 0 saturated heterocycles. The van der Waals surface area contributed by atoms with Crippen LogP contribution in [0.25, 0.3) is 0 Å². The molecule has 0 saturated carbocycles. The standard InChI is InChI=1S/C18H36Cl2/c1-2-3-4-5-6-7-8-9-10-11-12-13-14-15-16-18(20)17-19/h18H,2-17H2,1H3. The fourth-order valence-corrected chi connectivity index (χ4v) is 2.95. The van der Waals surface area contributed by atoms with Crippen molar-refractivity contribution in [1.82, 2.24) is 0 Å². The third-order valence-corrected chi connectivity index (χ3v) is 4.94. The molecule has 0 N–H and O–H groups in total. The van der Waals surface area contributed by atoms with Gasteiger partial charge in [0.15, 0.2) is 0 Å². The fraction of sp³-hybridized carbons (Fsp3) is 1.00. The van der Waals surface area contributed by atoms with Crippen LogP contribution in [0.5, 0.6) is 0 Å². The predicted molar refractivity (Wildman–Crippen MR) is 95.3 cm³/mol. The Kier molecular flexibility index (Phi) is 18.1. The van der Waals surface area contributed by atoms with Crippen LogP contribution in [0, 0.1) is 0 Å². The van der Waals surface area contributed by atoms with Crippen LogP contribution in [0.4, 0.5) is 0 Å². The number of hydrogen-bond donors (Lipinski definition) is 0. The van der Waals surface area contributed by atoms with Gasteiger partial charge in [0.2, 0.25) is 0 Å². The van der Waals surface area contributed by atoms with E-state index in [9.17, 15) is 0 Å². The molecule has 122 valence electrons. The summed E-state index contributed by atoms with van der Waals surface area (Å²) in [5.74, 6) is 0.597. The summed E-state index contributed by atoms with van der Waals surface area (Å²) in [6.45, 7) is 2.28. The van der Waals surface area contributed by atoms with Crippen molar-refractivity contribution in [2.24, 2.45) is 0 Å². The summed E-state index contributed by atoms with van der Waals surface area (Å²) >= 11 is 11.7. The van der Waals surface area contributed by atoms with Gasteiger partial charge in [-0.05, 0) is 6.42 Å². The molecule has 0 radical (unpaired) electrons. The van der Waals surface area contributed by atoms with Gasteiger partial charge >= 0.3 is 0 Å². The Morgan fingerprint density at radius 2 is 0.950 bits per heavy atom. The minimum absolute atomic E-state index is 0.189. The number of hydrogen-bond acceptors (Lipinski definition) is 0. The van der Waals surface area contributed by atoms with Gasteiger partial charge in [-0.25, -0.2) is 0 Å². The van der Waals surface area contributed by atoms with E-state index in [1.165, 1.54) is 89.9 Å². The Balaban J connectivity index is 2.96. The molecule has 0 heterocycles. The normalized spacial score (nSPS) is 12.8. The molecule has 1 unspecified atom stereocenters. The van der Waals surface area contributed by atoms with E-state index in [2.05, 4.69) is 6.92 Å². The van der Waals surface area contributed by atoms with Crippen molar-refractivity contribution in [2.45, 2.75) is 109 Å². The molecule has 2 heteroatoms. The SMILES string of the molecule is CCCCCCCCCCCCCCCCC(Cl)CCl. The molecule has 0 rings (SSSR count). The second-order valence-corrected chi connectivity index (χ2v) is 7.06. The summed E-state index contributed by atoms with van der Waals surface area (Å²) in [4.78, 5) is 0. The predicted octanol–water partition coefficient (Wildman–Crippen LogP) is 7.70. The lowest BCUT2D eigenvalue weighted by molar-refractivity contribution is 0.532. The molecule has 0 aromatic heterocycles. The van der Waals surface area contributed by atoms with Crippen molar-refractivity contribution in [3.8, 4) is 0 Å². The Hall–Kier alpha value is 0.580. The first-order valence-electron chi connectivity index (χ1n) is 9.01. The van der Waals surface area contributed by atoms with E-state index >= 15 is 0 Å². The quantitative estimate of drug-likeness (QED) is 0.201. The molecule has 0 fully saturated rings. The fourth-order valence-electron chi connectivity index (χ4n) is 2.64. The summed E-state index contributed by atoms with van der Waals surface area (Å²) in [5.41, 5.74) is 0. The molecule has 0 aromatic rings. The molecule has 0 aliphatic rings. The second-order valence-electron chi connectivity index (χ2n) is 6.14. The molecule has 0 spiro atoms. The highest BCUT2D eigenvalue weighted by Crippen LogP contribution is 2.15. The lowest BCUT2D eigenvalue weighted by Gasteiger charge is -2.05. The van der Waals surface area contributed by atoms with Gasteiger partial charge in [-0.15, -0.1) is 23.2 Å². The van der Waals surface area contributed by atoms with E-state index in [-0.39, 0.29) is 5.38 Å². The smallest absolute Gasteiger partial charge is 0.0471 e. The van der Waals surface area contributed by atoms with E-state index in [1.54, 1.807) is 0 Å². The van der Waals surface area contributed by atoms with Crippen LogP contribution < -0.4 is 0 Å². The molecule has 0 aromatic carbocycles. The summed E-state index contributed by atoms with van der Waals surface area (Å²) < 4.78 is 0. The molecule has 0 amide bonds. The highest BCUT2D eigenvalue weighted by Gasteiger charge is 2.01. The van der Waals surface area contributed by atoms with E-state index < -0.39 is 0 Å². The summed E-state index contributed by atoms with van der Waals surface area (Å²) in [7, 11) is 0. The molecule has 0 bridgehead atoms. The van der Waals surface area contributed by atoms with Crippen molar-refractivity contribution in [1.29, 1.82) is 0 Å². The monoisotopic (exact) mass is 322 g/mol. The maximum atomic E-state index is 5.98. The molecule has 20 heavy (non-hydrogen) atoms. The lowest BCUT2D eigenvalue weighted by atomic mass is 10.0. The number of unbranched alkanes of at least 4 members (excludes halogenated alkanes) is 13. The first kappa shape index (κ1) is 20.6. The van der Waals surface area contributed by atoms with E-state index in [0.717, 1.165) is 6.42 Å². The molecule has 1 atom stereocenters. The van der Waals surface area contributed by atoms with Crippen LogP contribution in [0.2, 0.25) is 0 Å². The Morgan fingerprint density at radius 1 is 0.600 bits per heavy atom. The zero-order valence-electron chi connectivity index (χ0n) is 13.6. The van der Waals surface area contributed by atoms with Gasteiger partial charge in [-0.3, -0.25) is 0 Å². The third-order valence-electron chi connectivity index (χ3n) is 4.04. The maximum Gasteiger partial charge on any atom is 0.0471 e. The van der Waals surface area contributed by atoms with Crippen LogP contribution in [-0.4, -0.2) is 11.3 Å². The van der Waals surface area contributed by atoms with Crippen molar-refractivity contribution >= 4 is 23.2 Å².